The Morgan fingerprint density at radius 2 is 1.65 bits per heavy atom. The Bertz CT molecular complexity index is 464. The van der Waals surface area contributed by atoms with Gasteiger partial charge in [-0.05, 0) is 58.3 Å². The Morgan fingerprint density at radius 3 is 2.22 bits per heavy atom. The van der Waals surface area contributed by atoms with Gasteiger partial charge in [-0.25, -0.2) is 4.79 Å². The molecule has 2 fully saturated rings. The highest BCUT2D eigenvalue weighted by atomic mass is 16.6. The summed E-state index contributed by atoms with van der Waals surface area (Å²) in [7, 11) is 0. The number of ether oxygens (including phenoxy) is 3. The van der Waals surface area contributed by atoms with Crippen LogP contribution < -0.4 is 0 Å². The molecule has 2 aliphatic carbocycles. The van der Waals surface area contributed by atoms with E-state index in [9.17, 15) is 14.4 Å². The number of rotatable bonds is 6. The number of fused-ring (bicyclic) bond motifs is 2. The lowest BCUT2D eigenvalue weighted by molar-refractivity contribution is -0.167. The van der Waals surface area contributed by atoms with Crippen LogP contribution in [0.3, 0.4) is 0 Å². The third kappa shape index (κ3) is 5.84. The lowest BCUT2D eigenvalue weighted by atomic mass is 9.98. The summed E-state index contributed by atoms with van der Waals surface area (Å²) in [4.78, 5) is 34.7. The van der Waals surface area contributed by atoms with Crippen LogP contribution in [0.25, 0.3) is 0 Å². The molecule has 23 heavy (non-hydrogen) atoms. The first-order valence-electron chi connectivity index (χ1n) is 8.30. The molecule has 3 atom stereocenters. The predicted octanol–water partition coefficient (Wildman–Crippen LogP) is 2.38. The van der Waals surface area contributed by atoms with Crippen LogP contribution in [0.2, 0.25) is 0 Å². The fourth-order valence-electron chi connectivity index (χ4n) is 3.35. The van der Waals surface area contributed by atoms with Gasteiger partial charge in [-0.1, -0.05) is 0 Å². The first-order chi connectivity index (χ1) is 10.7. The molecule has 0 aromatic heterocycles. The molecule has 6 heteroatoms. The lowest BCUT2D eigenvalue weighted by Crippen LogP contribution is -2.27. The summed E-state index contributed by atoms with van der Waals surface area (Å²) in [5.74, 6) is -0.354. The van der Waals surface area contributed by atoms with E-state index in [2.05, 4.69) is 0 Å². The molecule has 0 aliphatic heterocycles. The zero-order valence-electron chi connectivity index (χ0n) is 14.1. The van der Waals surface area contributed by atoms with Gasteiger partial charge in [0.1, 0.15) is 11.7 Å². The van der Waals surface area contributed by atoms with Crippen molar-refractivity contribution in [3.8, 4) is 0 Å². The maximum Gasteiger partial charge on any atom is 0.344 e. The van der Waals surface area contributed by atoms with Crippen LogP contribution in [-0.2, 0) is 28.6 Å². The van der Waals surface area contributed by atoms with Crippen molar-refractivity contribution < 1.29 is 28.6 Å². The molecule has 130 valence electrons. The SMILES string of the molecule is CC(C)(C)OC(=O)COC(=O)CCC(=O)OC1CC2CCC1C2. The third-order valence-electron chi connectivity index (χ3n) is 4.26. The van der Waals surface area contributed by atoms with Crippen LogP contribution in [0.15, 0.2) is 0 Å². The van der Waals surface area contributed by atoms with E-state index in [4.69, 9.17) is 14.2 Å². The predicted molar refractivity (Wildman–Crippen MR) is 81.4 cm³/mol. The minimum Gasteiger partial charge on any atom is -0.462 e. The highest BCUT2D eigenvalue weighted by Gasteiger charge is 2.41. The molecule has 2 aliphatic rings. The molecule has 0 N–H and O–H groups in total. The van der Waals surface area contributed by atoms with Crippen molar-refractivity contribution in [3.05, 3.63) is 0 Å². The summed E-state index contributed by atoms with van der Waals surface area (Å²) in [5.41, 5.74) is -0.617. The van der Waals surface area contributed by atoms with E-state index in [0.29, 0.717) is 11.8 Å². The monoisotopic (exact) mass is 326 g/mol. The first kappa shape index (κ1) is 17.8. The summed E-state index contributed by atoms with van der Waals surface area (Å²) < 4.78 is 15.3. The molecule has 0 aromatic rings. The van der Waals surface area contributed by atoms with Gasteiger partial charge in [0.05, 0.1) is 12.8 Å². The second-order valence-electron chi connectivity index (χ2n) is 7.45. The van der Waals surface area contributed by atoms with Gasteiger partial charge in [0.15, 0.2) is 6.61 Å². The van der Waals surface area contributed by atoms with Gasteiger partial charge in [0.2, 0.25) is 0 Å². The zero-order chi connectivity index (χ0) is 17.0. The van der Waals surface area contributed by atoms with Crippen molar-refractivity contribution in [2.24, 2.45) is 11.8 Å². The molecule has 0 aromatic carbocycles. The standard InChI is InChI=1S/C17H26O6/c1-17(2,3)23-16(20)10-21-14(18)6-7-15(19)22-13-9-11-4-5-12(13)8-11/h11-13H,4-10H2,1-3H3. The van der Waals surface area contributed by atoms with Gasteiger partial charge in [-0.2, -0.15) is 0 Å². The minimum absolute atomic E-state index is 0.0129. The van der Waals surface area contributed by atoms with Gasteiger partial charge < -0.3 is 14.2 Å². The maximum absolute atomic E-state index is 11.8. The van der Waals surface area contributed by atoms with E-state index in [1.165, 1.54) is 6.42 Å². The van der Waals surface area contributed by atoms with Crippen LogP contribution in [0.1, 0.15) is 59.3 Å². The summed E-state index contributed by atoms with van der Waals surface area (Å²) in [6, 6.07) is 0. The Kier molecular flexibility index (Phi) is 5.65. The Hall–Kier alpha value is -1.59. The van der Waals surface area contributed by atoms with Gasteiger partial charge >= 0.3 is 17.9 Å². The van der Waals surface area contributed by atoms with E-state index >= 15 is 0 Å². The molecule has 0 radical (unpaired) electrons. The van der Waals surface area contributed by atoms with Crippen LogP contribution in [0.4, 0.5) is 0 Å². The number of esters is 3. The number of carbonyl (C=O) groups excluding carboxylic acids is 3. The number of hydrogen-bond acceptors (Lipinski definition) is 6. The number of hydrogen-bond donors (Lipinski definition) is 0. The van der Waals surface area contributed by atoms with Crippen molar-refractivity contribution in [1.82, 2.24) is 0 Å². The van der Waals surface area contributed by atoms with Gasteiger partial charge in [-0.15, -0.1) is 0 Å². The van der Waals surface area contributed by atoms with Crippen LogP contribution in [0, 0.1) is 11.8 Å². The van der Waals surface area contributed by atoms with Crippen molar-refractivity contribution >= 4 is 17.9 Å². The summed E-state index contributed by atoms with van der Waals surface area (Å²) >= 11 is 0. The van der Waals surface area contributed by atoms with Crippen molar-refractivity contribution in [2.75, 3.05) is 6.61 Å². The topological polar surface area (TPSA) is 78.9 Å². The van der Waals surface area contributed by atoms with E-state index < -0.39 is 24.1 Å². The summed E-state index contributed by atoms with van der Waals surface area (Å²) in [5, 5.41) is 0. The Balaban J connectivity index is 1.59. The smallest absolute Gasteiger partial charge is 0.344 e. The van der Waals surface area contributed by atoms with Gasteiger partial charge in [-0.3, -0.25) is 9.59 Å². The molecule has 0 heterocycles. The summed E-state index contributed by atoms with van der Waals surface area (Å²) in [6.45, 7) is 4.77. The van der Waals surface area contributed by atoms with Crippen molar-refractivity contribution in [1.29, 1.82) is 0 Å². The van der Waals surface area contributed by atoms with Gasteiger partial charge in [0.25, 0.3) is 0 Å². The van der Waals surface area contributed by atoms with E-state index in [-0.39, 0.29) is 24.9 Å². The Morgan fingerprint density at radius 1 is 0.957 bits per heavy atom. The average molecular weight is 326 g/mol. The highest BCUT2D eigenvalue weighted by Crippen LogP contribution is 2.45. The summed E-state index contributed by atoms with van der Waals surface area (Å²) in [6.07, 6.45) is 4.44. The highest BCUT2D eigenvalue weighted by molar-refractivity contribution is 5.80. The average Bonchev–Trinajstić information content (AvgIpc) is 3.03. The van der Waals surface area contributed by atoms with Crippen LogP contribution >= 0.6 is 0 Å². The normalized spacial score (nSPS) is 26.0. The van der Waals surface area contributed by atoms with Gasteiger partial charge in [0, 0.05) is 0 Å². The molecule has 2 bridgehead atoms. The van der Waals surface area contributed by atoms with Crippen molar-refractivity contribution in [2.45, 2.75) is 71.0 Å². The molecule has 2 saturated carbocycles. The fraction of sp³-hybridized carbons (Fsp3) is 0.824. The zero-order valence-corrected chi connectivity index (χ0v) is 14.1. The molecular formula is C17H26O6. The second-order valence-corrected chi connectivity index (χ2v) is 7.45. The lowest BCUT2D eigenvalue weighted by Gasteiger charge is -2.21. The number of carbonyl (C=O) groups is 3. The molecular weight excluding hydrogens is 300 g/mol. The molecule has 0 amide bonds. The fourth-order valence-corrected chi connectivity index (χ4v) is 3.35. The van der Waals surface area contributed by atoms with E-state index in [1.54, 1.807) is 20.8 Å². The minimum atomic E-state index is -0.617. The molecule has 0 saturated heterocycles. The molecule has 6 nitrogen and oxygen atoms in total. The van der Waals surface area contributed by atoms with E-state index in [0.717, 1.165) is 19.3 Å². The molecule has 0 spiro atoms. The maximum atomic E-state index is 11.8. The molecule has 3 unspecified atom stereocenters. The third-order valence-corrected chi connectivity index (χ3v) is 4.26. The first-order valence-corrected chi connectivity index (χ1v) is 8.30. The van der Waals surface area contributed by atoms with E-state index in [1.807, 2.05) is 0 Å². The van der Waals surface area contributed by atoms with Crippen LogP contribution in [0.5, 0.6) is 0 Å². The second kappa shape index (κ2) is 7.32. The molecule has 2 rings (SSSR count). The Labute approximate surface area is 136 Å². The van der Waals surface area contributed by atoms with Crippen molar-refractivity contribution in [3.63, 3.8) is 0 Å². The largest absolute Gasteiger partial charge is 0.462 e. The quantitative estimate of drug-likeness (QED) is 0.551. The van der Waals surface area contributed by atoms with Crippen LogP contribution in [-0.4, -0.2) is 36.2 Å².